The molecule has 0 aliphatic heterocycles. The third kappa shape index (κ3) is 6.62. The van der Waals surface area contributed by atoms with Crippen molar-refractivity contribution >= 4 is 12.1 Å². The first-order chi connectivity index (χ1) is 13.4. The zero-order valence-electron chi connectivity index (χ0n) is 16.9. The summed E-state index contributed by atoms with van der Waals surface area (Å²) in [4.78, 5) is 22.1. The van der Waals surface area contributed by atoms with Crippen molar-refractivity contribution in [1.82, 2.24) is 0 Å². The number of ketones is 1. The second-order valence-electron chi connectivity index (χ2n) is 7.71. The van der Waals surface area contributed by atoms with E-state index < -0.39 is 0 Å². The fourth-order valence-electron chi connectivity index (χ4n) is 2.74. The summed E-state index contributed by atoms with van der Waals surface area (Å²) in [5, 5.41) is 0. The SMILES string of the molecule is CC(C)(C)c1ccc(CCC=O)cc1.O=C(c1ccccc1)c1ccccc1. The average Bonchev–Trinajstić information content (AvgIpc) is 2.73. The molecule has 0 radical (unpaired) electrons. The number of rotatable bonds is 5. The number of carbonyl (C=O) groups is 2. The third-order valence-electron chi connectivity index (χ3n) is 4.44. The van der Waals surface area contributed by atoms with Crippen molar-refractivity contribution < 1.29 is 9.59 Å². The van der Waals surface area contributed by atoms with Crippen LogP contribution in [0.25, 0.3) is 0 Å². The van der Waals surface area contributed by atoms with E-state index in [4.69, 9.17) is 0 Å². The molecule has 2 heteroatoms. The summed E-state index contributed by atoms with van der Waals surface area (Å²) < 4.78 is 0. The molecule has 3 aromatic carbocycles. The number of carbonyl (C=O) groups excluding carboxylic acids is 2. The highest BCUT2D eigenvalue weighted by molar-refractivity contribution is 6.08. The number of aryl methyl sites for hydroxylation is 1. The first-order valence-corrected chi connectivity index (χ1v) is 9.59. The molecule has 0 atom stereocenters. The molecule has 0 aliphatic carbocycles. The zero-order chi connectivity index (χ0) is 20.4. The van der Waals surface area contributed by atoms with Crippen LogP contribution in [0.2, 0.25) is 0 Å². The fraction of sp³-hybridized carbons (Fsp3) is 0.231. The minimum absolute atomic E-state index is 0.0752. The van der Waals surface area contributed by atoms with Crippen LogP contribution in [0.1, 0.15) is 54.2 Å². The van der Waals surface area contributed by atoms with Crippen molar-refractivity contribution in [3.05, 3.63) is 107 Å². The van der Waals surface area contributed by atoms with E-state index in [0.717, 1.165) is 23.8 Å². The molecule has 0 fully saturated rings. The number of hydrogen-bond acceptors (Lipinski definition) is 2. The fourth-order valence-corrected chi connectivity index (χ4v) is 2.74. The molecular formula is C26H28O2. The Morgan fingerprint density at radius 3 is 1.61 bits per heavy atom. The van der Waals surface area contributed by atoms with Gasteiger partial charge in [0.25, 0.3) is 0 Å². The van der Waals surface area contributed by atoms with E-state index in [0.29, 0.717) is 6.42 Å². The van der Waals surface area contributed by atoms with Crippen LogP contribution in [0.15, 0.2) is 84.9 Å². The Balaban J connectivity index is 0.000000200. The third-order valence-corrected chi connectivity index (χ3v) is 4.44. The Morgan fingerprint density at radius 2 is 1.21 bits per heavy atom. The minimum Gasteiger partial charge on any atom is -0.303 e. The predicted octanol–water partition coefficient (Wildman–Crippen LogP) is 6.03. The molecule has 0 aromatic heterocycles. The normalized spacial score (nSPS) is 10.5. The zero-order valence-corrected chi connectivity index (χ0v) is 16.9. The molecule has 0 spiro atoms. The summed E-state index contributed by atoms with van der Waals surface area (Å²) >= 11 is 0. The topological polar surface area (TPSA) is 34.1 Å². The molecule has 144 valence electrons. The molecule has 0 saturated carbocycles. The van der Waals surface area contributed by atoms with Crippen LogP contribution < -0.4 is 0 Å². The maximum absolute atomic E-state index is 11.8. The minimum atomic E-state index is 0.0752. The van der Waals surface area contributed by atoms with Crippen molar-refractivity contribution in [3.8, 4) is 0 Å². The van der Waals surface area contributed by atoms with E-state index in [1.54, 1.807) is 0 Å². The lowest BCUT2D eigenvalue weighted by atomic mass is 9.86. The molecule has 28 heavy (non-hydrogen) atoms. The van der Waals surface area contributed by atoms with Crippen molar-refractivity contribution in [3.63, 3.8) is 0 Å². The van der Waals surface area contributed by atoms with Crippen LogP contribution in [-0.4, -0.2) is 12.1 Å². The Morgan fingerprint density at radius 1 is 0.750 bits per heavy atom. The van der Waals surface area contributed by atoms with E-state index in [9.17, 15) is 9.59 Å². The Labute approximate surface area is 168 Å². The molecule has 3 rings (SSSR count). The first-order valence-electron chi connectivity index (χ1n) is 9.59. The molecule has 2 nitrogen and oxygen atoms in total. The molecule has 0 bridgehead atoms. The van der Waals surface area contributed by atoms with Gasteiger partial charge in [-0.25, -0.2) is 0 Å². The van der Waals surface area contributed by atoms with Gasteiger partial charge in [-0.1, -0.05) is 106 Å². The monoisotopic (exact) mass is 372 g/mol. The van der Waals surface area contributed by atoms with Gasteiger partial charge in [0.1, 0.15) is 6.29 Å². The predicted molar refractivity (Wildman–Crippen MR) is 116 cm³/mol. The Kier molecular flexibility index (Phi) is 7.88. The van der Waals surface area contributed by atoms with Gasteiger partial charge in [0.15, 0.2) is 5.78 Å². The van der Waals surface area contributed by atoms with Gasteiger partial charge in [-0.3, -0.25) is 4.79 Å². The van der Waals surface area contributed by atoms with Crippen LogP contribution in [0, 0.1) is 0 Å². The summed E-state index contributed by atoms with van der Waals surface area (Å²) in [5.74, 6) is 0.0752. The van der Waals surface area contributed by atoms with Gasteiger partial charge in [-0.15, -0.1) is 0 Å². The largest absolute Gasteiger partial charge is 0.303 e. The van der Waals surface area contributed by atoms with E-state index in [1.165, 1.54) is 11.1 Å². The summed E-state index contributed by atoms with van der Waals surface area (Å²) in [6.45, 7) is 6.61. The first kappa shape index (κ1) is 21.3. The van der Waals surface area contributed by atoms with Crippen LogP contribution in [-0.2, 0) is 16.6 Å². The van der Waals surface area contributed by atoms with E-state index in [1.807, 2.05) is 60.7 Å². The second kappa shape index (κ2) is 10.4. The van der Waals surface area contributed by atoms with Gasteiger partial charge < -0.3 is 4.79 Å². The molecule has 0 saturated heterocycles. The van der Waals surface area contributed by atoms with Gasteiger partial charge in [0.2, 0.25) is 0 Å². The maximum Gasteiger partial charge on any atom is 0.193 e. The molecule has 0 heterocycles. The highest BCUT2D eigenvalue weighted by Gasteiger charge is 2.12. The van der Waals surface area contributed by atoms with E-state index >= 15 is 0 Å². The lowest BCUT2D eigenvalue weighted by Gasteiger charge is -2.19. The van der Waals surface area contributed by atoms with Gasteiger partial charge in [0.05, 0.1) is 0 Å². The number of benzene rings is 3. The lowest BCUT2D eigenvalue weighted by Crippen LogP contribution is -2.10. The van der Waals surface area contributed by atoms with Crippen molar-refractivity contribution in [1.29, 1.82) is 0 Å². The van der Waals surface area contributed by atoms with Crippen LogP contribution in [0.3, 0.4) is 0 Å². The highest BCUT2D eigenvalue weighted by Crippen LogP contribution is 2.22. The molecule has 0 unspecified atom stereocenters. The van der Waals surface area contributed by atoms with Gasteiger partial charge >= 0.3 is 0 Å². The van der Waals surface area contributed by atoms with Gasteiger partial charge in [-0.05, 0) is 23.0 Å². The van der Waals surface area contributed by atoms with Gasteiger partial charge in [-0.2, -0.15) is 0 Å². The maximum atomic E-state index is 11.8. The van der Waals surface area contributed by atoms with E-state index in [2.05, 4.69) is 45.0 Å². The molecule has 3 aromatic rings. The van der Waals surface area contributed by atoms with Crippen LogP contribution in [0.4, 0.5) is 0 Å². The van der Waals surface area contributed by atoms with Crippen LogP contribution in [0.5, 0.6) is 0 Å². The number of hydrogen-bond donors (Lipinski definition) is 0. The highest BCUT2D eigenvalue weighted by atomic mass is 16.1. The van der Waals surface area contributed by atoms with Crippen molar-refractivity contribution in [2.24, 2.45) is 0 Å². The smallest absolute Gasteiger partial charge is 0.193 e. The molecule has 0 amide bonds. The van der Waals surface area contributed by atoms with Crippen molar-refractivity contribution in [2.45, 2.75) is 39.0 Å². The van der Waals surface area contributed by atoms with Gasteiger partial charge in [0, 0.05) is 17.5 Å². The Hall–Kier alpha value is -3.00. The van der Waals surface area contributed by atoms with Crippen LogP contribution >= 0.6 is 0 Å². The molecular weight excluding hydrogens is 344 g/mol. The average molecular weight is 373 g/mol. The second-order valence-corrected chi connectivity index (χ2v) is 7.71. The molecule has 0 aliphatic rings. The number of aldehydes is 1. The summed E-state index contributed by atoms with van der Waals surface area (Å²) in [6, 6.07) is 27.1. The van der Waals surface area contributed by atoms with E-state index in [-0.39, 0.29) is 11.2 Å². The standard InChI is InChI=1S/C13H10O.C13H18O/c14-13(11-7-3-1-4-8-11)12-9-5-2-6-10-12;1-13(2,3)12-8-6-11(7-9-12)5-4-10-14/h1-10H;6-10H,4-5H2,1-3H3. The Bertz CT molecular complexity index is 816. The summed E-state index contributed by atoms with van der Waals surface area (Å²) in [7, 11) is 0. The lowest BCUT2D eigenvalue weighted by molar-refractivity contribution is -0.107. The summed E-state index contributed by atoms with van der Waals surface area (Å²) in [5.41, 5.74) is 4.26. The van der Waals surface area contributed by atoms with Crippen molar-refractivity contribution in [2.75, 3.05) is 0 Å². The quantitative estimate of drug-likeness (QED) is 0.404. The molecule has 0 N–H and O–H groups in total. The summed E-state index contributed by atoms with van der Waals surface area (Å²) in [6.07, 6.45) is 2.44.